The third-order valence-corrected chi connectivity index (χ3v) is 6.26. The maximum absolute atomic E-state index is 13.7. The summed E-state index contributed by atoms with van der Waals surface area (Å²) in [6.45, 7) is 8.90. The summed E-state index contributed by atoms with van der Waals surface area (Å²) in [6, 6.07) is 11.3. The number of hydrogen-bond acceptors (Lipinski definition) is 5. The van der Waals surface area contributed by atoms with Crippen molar-refractivity contribution in [2.45, 2.75) is 40.0 Å². The summed E-state index contributed by atoms with van der Waals surface area (Å²) < 4.78 is 13.7. The van der Waals surface area contributed by atoms with E-state index in [1.807, 2.05) is 0 Å². The van der Waals surface area contributed by atoms with Gasteiger partial charge in [0.05, 0.1) is 5.52 Å². The molecule has 0 atom stereocenters. The minimum absolute atomic E-state index is 0.220. The summed E-state index contributed by atoms with van der Waals surface area (Å²) in [6.07, 6.45) is 5.46. The average molecular weight is 434 g/mol. The first-order valence-electron chi connectivity index (χ1n) is 11.6. The van der Waals surface area contributed by atoms with E-state index in [1.54, 1.807) is 19.1 Å². The van der Waals surface area contributed by atoms with Gasteiger partial charge in [0.1, 0.15) is 11.6 Å². The highest BCUT2D eigenvalue weighted by Gasteiger charge is 2.16. The molecule has 3 N–H and O–H groups in total. The first-order chi connectivity index (χ1) is 15.6. The van der Waals surface area contributed by atoms with Crippen molar-refractivity contribution in [2.24, 2.45) is 5.92 Å². The van der Waals surface area contributed by atoms with Gasteiger partial charge in [-0.3, -0.25) is 0 Å². The van der Waals surface area contributed by atoms with Crippen LogP contribution in [0.25, 0.3) is 16.5 Å². The third kappa shape index (κ3) is 4.91. The maximum Gasteiger partial charge on any atom is 0.229 e. The number of rotatable bonds is 8. The van der Waals surface area contributed by atoms with E-state index in [-0.39, 0.29) is 5.82 Å². The lowest BCUT2D eigenvalue weighted by atomic mass is 9.97. The van der Waals surface area contributed by atoms with Gasteiger partial charge in [-0.2, -0.15) is 4.98 Å². The molecule has 0 spiro atoms. The molecule has 0 saturated heterocycles. The fraction of sp³-hybridized carbons (Fsp3) is 0.385. The van der Waals surface area contributed by atoms with E-state index in [2.05, 4.69) is 54.1 Å². The second kappa shape index (κ2) is 10.1. The lowest BCUT2D eigenvalue weighted by Crippen LogP contribution is -2.20. The van der Waals surface area contributed by atoms with Gasteiger partial charge in [-0.25, -0.2) is 9.37 Å². The molecule has 1 aliphatic rings. The van der Waals surface area contributed by atoms with Crippen LogP contribution in [0.3, 0.4) is 0 Å². The van der Waals surface area contributed by atoms with E-state index in [0.717, 1.165) is 66.9 Å². The molecule has 0 bridgehead atoms. The van der Waals surface area contributed by atoms with E-state index >= 15 is 0 Å². The number of aryl methyl sites for hydroxylation is 1. The highest BCUT2D eigenvalue weighted by Crippen LogP contribution is 2.32. The molecule has 1 aliphatic heterocycles. The largest absolute Gasteiger partial charge is 0.369 e. The van der Waals surface area contributed by atoms with Crippen LogP contribution < -0.4 is 16.0 Å². The molecule has 0 radical (unpaired) electrons. The standard InChI is InChI=1S/C26H32FN5/c1-4-18(5-2)16-29-25-22-8-6-7-21(19-11-13-28-14-12-19)24(22)31-26(32-25)30-20-9-10-23(27)17(3)15-20/h6-11,15,18,28H,4-5,12-14,16H2,1-3H3,(H2,29,30,31,32). The molecule has 2 aromatic carbocycles. The number of halogens is 1. The summed E-state index contributed by atoms with van der Waals surface area (Å²) in [5.41, 5.74) is 4.75. The van der Waals surface area contributed by atoms with Crippen LogP contribution >= 0.6 is 0 Å². The summed E-state index contributed by atoms with van der Waals surface area (Å²) >= 11 is 0. The Morgan fingerprint density at radius 3 is 2.69 bits per heavy atom. The molecule has 5 nitrogen and oxygen atoms in total. The van der Waals surface area contributed by atoms with Crippen molar-refractivity contribution in [1.82, 2.24) is 15.3 Å². The molecule has 3 aromatic rings. The first-order valence-corrected chi connectivity index (χ1v) is 11.6. The van der Waals surface area contributed by atoms with Crippen LogP contribution in [-0.2, 0) is 0 Å². The van der Waals surface area contributed by atoms with Crippen molar-refractivity contribution >= 4 is 33.9 Å². The molecule has 32 heavy (non-hydrogen) atoms. The lowest BCUT2D eigenvalue weighted by Gasteiger charge is -2.19. The van der Waals surface area contributed by atoms with Crippen LogP contribution in [0.4, 0.5) is 21.8 Å². The van der Waals surface area contributed by atoms with Crippen LogP contribution in [-0.4, -0.2) is 29.6 Å². The number of hydrogen-bond donors (Lipinski definition) is 3. The molecule has 0 saturated carbocycles. The SMILES string of the molecule is CCC(CC)CNc1nc(Nc2ccc(F)c(C)c2)nc2c(C3=CCNCC3)cccc12. The molecule has 0 unspecified atom stereocenters. The maximum atomic E-state index is 13.7. The van der Waals surface area contributed by atoms with Crippen molar-refractivity contribution in [1.29, 1.82) is 0 Å². The zero-order valence-electron chi connectivity index (χ0n) is 19.1. The fourth-order valence-electron chi connectivity index (χ4n) is 4.14. The molecule has 6 heteroatoms. The Bertz CT molecular complexity index is 1120. The molecule has 168 valence electrons. The summed E-state index contributed by atoms with van der Waals surface area (Å²) in [5.74, 6) is 1.71. The van der Waals surface area contributed by atoms with Crippen molar-refractivity contribution in [3.8, 4) is 0 Å². The highest BCUT2D eigenvalue weighted by atomic mass is 19.1. The van der Waals surface area contributed by atoms with Gasteiger partial charge in [0, 0.05) is 29.7 Å². The number of nitrogens with one attached hydrogen (secondary N) is 3. The second-order valence-electron chi connectivity index (χ2n) is 8.43. The van der Waals surface area contributed by atoms with Gasteiger partial charge in [-0.1, -0.05) is 44.9 Å². The summed E-state index contributed by atoms with van der Waals surface area (Å²) in [5, 5.41) is 11.3. The van der Waals surface area contributed by atoms with Gasteiger partial charge in [-0.15, -0.1) is 0 Å². The molecule has 0 fully saturated rings. The normalized spacial score (nSPS) is 14.0. The van der Waals surface area contributed by atoms with Gasteiger partial charge in [0.2, 0.25) is 5.95 Å². The molecule has 0 aliphatic carbocycles. The molecule has 2 heterocycles. The smallest absolute Gasteiger partial charge is 0.229 e. The zero-order chi connectivity index (χ0) is 22.5. The van der Waals surface area contributed by atoms with Gasteiger partial charge >= 0.3 is 0 Å². The molecule has 0 amide bonds. The van der Waals surface area contributed by atoms with Crippen molar-refractivity contribution in [3.05, 3.63) is 59.4 Å². The Balaban J connectivity index is 1.78. The Labute approximate surface area is 189 Å². The summed E-state index contributed by atoms with van der Waals surface area (Å²) in [4.78, 5) is 9.72. The number of nitrogens with zero attached hydrogens (tertiary/aromatic N) is 2. The van der Waals surface area contributed by atoms with Gasteiger partial charge in [0.25, 0.3) is 0 Å². The number of benzene rings is 2. The fourth-order valence-corrected chi connectivity index (χ4v) is 4.14. The number of para-hydroxylation sites is 1. The minimum Gasteiger partial charge on any atom is -0.369 e. The van der Waals surface area contributed by atoms with Crippen molar-refractivity contribution in [2.75, 3.05) is 30.3 Å². The predicted octanol–water partition coefficient (Wildman–Crippen LogP) is 6.05. The Morgan fingerprint density at radius 2 is 1.97 bits per heavy atom. The van der Waals surface area contributed by atoms with Gasteiger partial charge < -0.3 is 16.0 Å². The zero-order valence-corrected chi connectivity index (χ0v) is 19.1. The average Bonchev–Trinajstić information content (AvgIpc) is 2.82. The minimum atomic E-state index is -0.220. The second-order valence-corrected chi connectivity index (χ2v) is 8.43. The number of anilines is 3. The lowest BCUT2D eigenvalue weighted by molar-refractivity contribution is 0.518. The number of aromatic nitrogens is 2. The Kier molecular flexibility index (Phi) is 7.00. The van der Waals surface area contributed by atoms with E-state index in [1.165, 1.54) is 11.6 Å². The molecular weight excluding hydrogens is 401 g/mol. The summed E-state index contributed by atoms with van der Waals surface area (Å²) in [7, 11) is 0. The van der Waals surface area contributed by atoms with Crippen molar-refractivity contribution < 1.29 is 4.39 Å². The van der Waals surface area contributed by atoms with E-state index in [4.69, 9.17) is 9.97 Å². The van der Waals surface area contributed by atoms with E-state index in [9.17, 15) is 4.39 Å². The van der Waals surface area contributed by atoms with Crippen LogP contribution in [0.1, 0.15) is 44.2 Å². The molecule has 4 rings (SSSR count). The van der Waals surface area contributed by atoms with E-state index in [0.29, 0.717) is 17.4 Å². The topological polar surface area (TPSA) is 61.9 Å². The van der Waals surface area contributed by atoms with Crippen LogP contribution in [0.15, 0.2) is 42.5 Å². The first kappa shape index (κ1) is 22.2. The third-order valence-electron chi connectivity index (χ3n) is 6.26. The quantitative estimate of drug-likeness (QED) is 0.404. The predicted molar refractivity (Wildman–Crippen MR) is 132 cm³/mol. The Hall–Kier alpha value is -2.99. The van der Waals surface area contributed by atoms with Crippen LogP contribution in [0, 0.1) is 18.7 Å². The highest BCUT2D eigenvalue weighted by molar-refractivity contribution is 5.98. The van der Waals surface area contributed by atoms with Gasteiger partial charge in [-0.05, 0) is 61.2 Å². The van der Waals surface area contributed by atoms with E-state index < -0.39 is 0 Å². The van der Waals surface area contributed by atoms with Crippen LogP contribution in [0.2, 0.25) is 0 Å². The van der Waals surface area contributed by atoms with Crippen molar-refractivity contribution in [3.63, 3.8) is 0 Å². The molecule has 1 aromatic heterocycles. The molecular formula is C26H32FN5. The van der Waals surface area contributed by atoms with Gasteiger partial charge in [0.15, 0.2) is 0 Å². The van der Waals surface area contributed by atoms with Crippen LogP contribution in [0.5, 0.6) is 0 Å². The number of fused-ring (bicyclic) bond motifs is 1. The monoisotopic (exact) mass is 433 g/mol. The Morgan fingerprint density at radius 1 is 1.12 bits per heavy atom.